The highest BCUT2D eigenvalue weighted by Crippen LogP contribution is 2.17. The minimum atomic E-state index is -2.05. The Morgan fingerprint density at radius 3 is 2.14 bits per heavy atom. The van der Waals surface area contributed by atoms with Gasteiger partial charge in [0.2, 0.25) is 5.78 Å². The number of hydrogen-bond donors (Lipinski definition) is 5. The molecule has 1 aromatic rings. The van der Waals surface area contributed by atoms with E-state index in [2.05, 4.69) is 0 Å². The molecule has 3 atom stereocenters. The Kier molecular flexibility index (Phi) is 5.62. The van der Waals surface area contributed by atoms with Gasteiger partial charge in [0, 0.05) is 0 Å². The van der Waals surface area contributed by atoms with Crippen LogP contribution in [0.4, 0.5) is 0 Å². The molecule has 0 bridgehead atoms. The highest BCUT2D eigenvalue weighted by Gasteiger charge is 2.39. The van der Waals surface area contributed by atoms with E-state index in [0.29, 0.717) is 5.56 Å². The Morgan fingerprint density at radius 1 is 1.14 bits per heavy atom. The van der Waals surface area contributed by atoms with Gasteiger partial charge in [0.15, 0.2) is 5.76 Å². The van der Waals surface area contributed by atoms with Gasteiger partial charge in [0.05, 0.1) is 5.60 Å². The summed E-state index contributed by atoms with van der Waals surface area (Å²) in [5.41, 5.74) is -1.17. The van der Waals surface area contributed by atoms with E-state index in [1.807, 2.05) is 0 Å². The summed E-state index contributed by atoms with van der Waals surface area (Å²) in [6.45, 7) is 2.44. The number of hydrogen-bond acceptors (Lipinski definition) is 6. The molecular formula is C15H20O6. The molecule has 0 amide bonds. The van der Waals surface area contributed by atoms with Crippen LogP contribution in [0.3, 0.4) is 0 Å². The van der Waals surface area contributed by atoms with Crippen LogP contribution in [0.5, 0.6) is 0 Å². The van der Waals surface area contributed by atoms with Crippen molar-refractivity contribution in [2.24, 2.45) is 0 Å². The first-order valence-electron chi connectivity index (χ1n) is 6.41. The molecule has 0 saturated heterocycles. The van der Waals surface area contributed by atoms with E-state index >= 15 is 0 Å². The number of benzene rings is 1. The van der Waals surface area contributed by atoms with Crippen molar-refractivity contribution in [3.8, 4) is 0 Å². The van der Waals surface area contributed by atoms with E-state index in [0.717, 1.165) is 6.08 Å². The monoisotopic (exact) mass is 296 g/mol. The summed E-state index contributed by atoms with van der Waals surface area (Å²) >= 11 is 0. The lowest BCUT2D eigenvalue weighted by molar-refractivity contribution is -0.154. The number of rotatable bonds is 6. The highest BCUT2D eigenvalue weighted by atomic mass is 16.4. The molecule has 1 aromatic carbocycles. The Balaban J connectivity index is 2.85. The maximum absolute atomic E-state index is 11.8. The van der Waals surface area contributed by atoms with Crippen LogP contribution >= 0.6 is 0 Å². The first-order chi connectivity index (χ1) is 9.64. The summed E-state index contributed by atoms with van der Waals surface area (Å²) in [5, 5.41) is 48.2. The largest absolute Gasteiger partial charge is 0.504 e. The third-order valence-electron chi connectivity index (χ3n) is 2.99. The molecule has 0 radical (unpaired) electrons. The molecule has 1 rings (SSSR count). The van der Waals surface area contributed by atoms with Gasteiger partial charge in [-0.25, -0.2) is 0 Å². The first-order valence-corrected chi connectivity index (χ1v) is 6.41. The Morgan fingerprint density at radius 2 is 1.67 bits per heavy atom. The third kappa shape index (κ3) is 4.64. The molecule has 0 saturated carbocycles. The van der Waals surface area contributed by atoms with Gasteiger partial charge in [-0.05, 0) is 25.5 Å². The standard InChI is InChI=1S/C15H20O6/c1-15(2,21)14(20)13(19)12(18)11(17)10(16)8-9-6-4-3-5-7-9/h3-8,12-14,16,18-21H,1-2H3/t12-,13+,14-/m0/s1. The van der Waals surface area contributed by atoms with Crippen molar-refractivity contribution in [3.63, 3.8) is 0 Å². The molecule has 21 heavy (non-hydrogen) atoms. The van der Waals surface area contributed by atoms with Crippen molar-refractivity contribution in [1.82, 2.24) is 0 Å². The second-order valence-electron chi connectivity index (χ2n) is 5.34. The fraction of sp³-hybridized carbons (Fsp3) is 0.400. The maximum atomic E-state index is 11.8. The van der Waals surface area contributed by atoms with Gasteiger partial charge >= 0.3 is 0 Å². The van der Waals surface area contributed by atoms with Gasteiger partial charge in [0.1, 0.15) is 18.3 Å². The number of carbonyl (C=O) groups is 1. The second kappa shape index (κ2) is 6.82. The van der Waals surface area contributed by atoms with Crippen LogP contribution in [-0.2, 0) is 4.79 Å². The van der Waals surface area contributed by atoms with Crippen molar-refractivity contribution in [2.75, 3.05) is 0 Å². The first kappa shape index (κ1) is 17.3. The summed E-state index contributed by atoms with van der Waals surface area (Å²) in [5.74, 6) is -1.90. The molecule has 0 aliphatic carbocycles. The van der Waals surface area contributed by atoms with Crippen molar-refractivity contribution in [1.29, 1.82) is 0 Å². The molecule has 0 fully saturated rings. The van der Waals surface area contributed by atoms with Crippen LogP contribution in [0.1, 0.15) is 19.4 Å². The van der Waals surface area contributed by atoms with E-state index < -0.39 is 35.5 Å². The number of aliphatic hydroxyl groups is 5. The van der Waals surface area contributed by atoms with Crippen LogP contribution < -0.4 is 0 Å². The average Bonchev–Trinajstić information content (AvgIpc) is 2.44. The zero-order valence-corrected chi connectivity index (χ0v) is 11.8. The fourth-order valence-corrected chi connectivity index (χ4v) is 1.68. The van der Waals surface area contributed by atoms with Gasteiger partial charge in [0.25, 0.3) is 0 Å². The average molecular weight is 296 g/mol. The van der Waals surface area contributed by atoms with Crippen LogP contribution in [0.15, 0.2) is 36.1 Å². The fourth-order valence-electron chi connectivity index (χ4n) is 1.68. The smallest absolute Gasteiger partial charge is 0.228 e. The van der Waals surface area contributed by atoms with Gasteiger partial charge < -0.3 is 25.5 Å². The molecule has 6 heteroatoms. The SMILES string of the molecule is CC(C)(O)[C@@H](O)[C@H](O)[C@@H](O)C(=O)C(O)=Cc1ccccc1. The predicted octanol–water partition coefficient (Wildman–Crippen LogP) is 0.00820. The second-order valence-corrected chi connectivity index (χ2v) is 5.34. The number of carbonyl (C=O) groups excluding carboxylic acids is 1. The Bertz CT molecular complexity index is 503. The Labute approximate surface area is 122 Å². The number of Topliss-reactive ketones (excluding diaryl/α,β-unsaturated/α-hetero) is 1. The van der Waals surface area contributed by atoms with Crippen LogP contribution in [0.2, 0.25) is 0 Å². The maximum Gasteiger partial charge on any atom is 0.228 e. The minimum absolute atomic E-state index is 0.535. The lowest BCUT2D eigenvalue weighted by Crippen LogP contribution is -2.52. The number of ketones is 1. The zero-order chi connectivity index (χ0) is 16.2. The van der Waals surface area contributed by atoms with E-state index in [-0.39, 0.29) is 0 Å². The molecule has 0 unspecified atom stereocenters. The van der Waals surface area contributed by atoms with Gasteiger partial charge in [-0.3, -0.25) is 4.79 Å². The van der Waals surface area contributed by atoms with E-state index in [1.165, 1.54) is 13.8 Å². The van der Waals surface area contributed by atoms with Crippen LogP contribution in [-0.4, -0.2) is 55.2 Å². The van der Waals surface area contributed by atoms with Crippen LogP contribution in [0, 0.1) is 0 Å². The zero-order valence-electron chi connectivity index (χ0n) is 11.8. The van der Waals surface area contributed by atoms with E-state index in [9.17, 15) is 30.3 Å². The van der Waals surface area contributed by atoms with E-state index in [1.54, 1.807) is 30.3 Å². The van der Waals surface area contributed by atoms with Crippen LogP contribution in [0.25, 0.3) is 6.08 Å². The summed E-state index contributed by atoms with van der Waals surface area (Å²) in [4.78, 5) is 11.8. The molecule has 116 valence electrons. The van der Waals surface area contributed by atoms with Crippen molar-refractivity contribution in [2.45, 2.75) is 37.8 Å². The number of aliphatic hydroxyl groups excluding tert-OH is 4. The Hall–Kier alpha value is -1.73. The highest BCUT2D eigenvalue weighted by molar-refractivity contribution is 6.00. The summed E-state index contributed by atoms with van der Waals surface area (Å²) in [6.07, 6.45) is -4.59. The quantitative estimate of drug-likeness (QED) is 0.373. The third-order valence-corrected chi connectivity index (χ3v) is 2.99. The van der Waals surface area contributed by atoms with Crippen molar-refractivity contribution < 1.29 is 30.3 Å². The van der Waals surface area contributed by atoms with E-state index in [4.69, 9.17) is 0 Å². The molecule has 5 N–H and O–H groups in total. The minimum Gasteiger partial charge on any atom is -0.504 e. The summed E-state index contributed by atoms with van der Waals surface area (Å²) < 4.78 is 0. The molecule has 0 spiro atoms. The molecule has 0 aromatic heterocycles. The van der Waals surface area contributed by atoms with Crippen molar-refractivity contribution in [3.05, 3.63) is 41.7 Å². The van der Waals surface area contributed by atoms with Crippen molar-refractivity contribution >= 4 is 11.9 Å². The summed E-state index contributed by atoms with van der Waals surface area (Å²) in [6, 6.07) is 8.43. The molecule has 0 aliphatic rings. The predicted molar refractivity (Wildman–Crippen MR) is 76.4 cm³/mol. The molecular weight excluding hydrogens is 276 g/mol. The van der Waals surface area contributed by atoms with Gasteiger partial charge in [-0.15, -0.1) is 0 Å². The lowest BCUT2D eigenvalue weighted by Gasteiger charge is -2.30. The molecule has 0 aliphatic heterocycles. The lowest BCUT2D eigenvalue weighted by atomic mass is 9.92. The van der Waals surface area contributed by atoms with Gasteiger partial charge in [-0.2, -0.15) is 0 Å². The normalized spacial score (nSPS) is 17.1. The molecule has 6 nitrogen and oxygen atoms in total. The summed E-state index contributed by atoms with van der Waals surface area (Å²) in [7, 11) is 0. The van der Waals surface area contributed by atoms with Gasteiger partial charge in [-0.1, -0.05) is 30.3 Å². The topological polar surface area (TPSA) is 118 Å². The molecule has 0 heterocycles.